The molecule has 2 rings (SSSR count). The average Bonchev–Trinajstić information content (AvgIpc) is 3.36. The number of rotatable bonds is 16. The van der Waals surface area contributed by atoms with E-state index in [2.05, 4.69) is 16.0 Å². The number of nitrogens with two attached hydrogens (primary N) is 1. The summed E-state index contributed by atoms with van der Waals surface area (Å²) >= 11 is 0. The molecule has 8 N–H and O–H groups in total. The molecule has 0 aromatic heterocycles. The van der Waals surface area contributed by atoms with Crippen molar-refractivity contribution in [3.63, 3.8) is 0 Å². The Labute approximate surface area is 227 Å². The third kappa shape index (κ3) is 9.86. The average molecular weight is 549 g/mol. The lowest BCUT2D eigenvalue weighted by Gasteiger charge is -2.32. The summed E-state index contributed by atoms with van der Waals surface area (Å²) < 4.78 is 0. The number of carboxylic acids is 2. The van der Waals surface area contributed by atoms with Gasteiger partial charge in [0.15, 0.2) is 0 Å². The Morgan fingerprint density at radius 3 is 2.13 bits per heavy atom. The molecule has 12 heteroatoms. The maximum Gasteiger partial charge on any atom is 0.326 e. The number of aliphatic carboxylic acids is 2. The van der Waals surface area contributed by atoms with Crippen molar-refractivity contribution >= 4 is 29.7 Å². The minimum atomic E-state index is -1.24. The molecule has 1 aromatic rings. The van der Waals surface area contributed by atoms with Crippen LogP contribution in [0.25, 0.3) is 0 Å². The monoisotopic (exact) mass is 548 g/mol. The Hall–Kier alpha value is -3.67. The van der Waals surface area contributed by atoms with Crippen molar-refractivity contribution in [1.82, 2.24) is 16.0 Å². The van der Waals surface area contributed by atoms with E-state index in [1.807, 2.05) is 0 Å². The van der Waals surface area contributed by atoms with Crippen molar-refractivity contribution < 1.29 is 39.3 Å². The number of carbonyl (C=O) groups excluding carboxylic acids is 3. The number of phenolic OH excluding ortho intramolecular Hbond substituents is 1. The van der Waals surface area contributed by atoms with Crippen LogP contribution < -0.4 is 21.7 Å². The predicted molar refractivity (Wildman–Crippen MR) is 142 cm³/mol. The van der Waals surface area contributed by atoms with Crippen LogP contribution in [0.1, 0.15) is 63.9 Å². The maximum atomic E-state index is 13.4. The van der Waals surface area contributed by atoms with E-state index in [9.17, 15) is 39.3 Å². The Morgan fingerprint density at radius 2 is 1.59 bits per heavy atom. The van der Waals surface area contributed by atoms with Gasteiger partial charge in [-0.15, -0.1) is 0 Å². The molecule has 0 radical (unpaired) electrons. The molecule has 12 nitrogen and oxygen atoms in total. The molecule has 3 atom stereocenters. The van der Waals surface area contributed by atoms with E-state index in [4.69, 9.17) is 5.73 Å². The topological polar surface area (TPSA) is 208 Å². The summed E-state index contributed by atoms with van der Waals surface area (Å²) in [5, 5.41) is 36.9. The van der Waals surface area contributed by atoms with E-state index in [1.54, 1.807) is 12.1 Å². The fourth-order valence-corrected chi connectivity index (χ4v) is 5.03. The molecular weight excluding hydrogens is 508 g/mol. The van der Waals surface area contributed by atoms with Crippen molar-refractivity contribution in [2.45, 2.75) is 76.8 Å². The highest BCUT2D eigenvalue weighted by atomic mass is 16.4. The quantitative estimate of drug-likeness (QED) is 0.146. The summed E-state index contributed by atoms with van der Waals surface area (Å²) in [6, 6.07) is 3.91. The van der Waals surface area contributed by atoms with Crippen molar-refractivity contribution in [2.75, 3.05) is 13.1 Å². The highest BCUT2D eigenvalue weighted by molar-refractivity contribution is 5.89. The Bertz CT molecular complexity index is 1010. The smallest absolute Gasteiger partial charge is 0.326 e. The summed E-state index contributed by atoms with van der Waals surface area (Å²) in [6.07, 6.45) is 3.72. The lowest BCUT2D eigenvalue weighted by atomic mass is 9.76. The zero-order chi connectivity index (χ0) is 29.0. The second kappa shape index (κ2) is 15.1. The van der Waals surface area contributed by atoms with Crippen LogP contribution in [0.4, 0.5) is 0 Å². The van der Waals surface area contributed by atoms with Crippen molar-refractivity contribution in [1.29, 1.82) is 0 Å². The first-order valence-electron chi connectivity index (χ1n) is 13.3. The lowest BCUT2D eigenvalue weighted by molar-refractivity contribution is -0.147. The molecular formula is C27H40N4O8. The molecule has 1 aliphatic carbocycles. The van der Waals surface area contributed by atoms with E-state index < -0.39 is 47.2 Å². The third-order valence-electron chi connectivity index (χ3n) is 7.17. The number of amides is 3. The van der Waals surface area contributed by atoms with Crippen LogP contribution in [0, 0.1) is 11.3 Å². The second-order valence-electron chi connectivity index (χ2n) is 10.2. The molecule has 0 saturated heterocycles. The van der Waals surface area contributed by atoms with E-state index >= 15 is 0 Å². The van der Waals surface area contributed by atoms with Gasteiger partial charge < -0.3 is 37.0 Å². The van der Waals surface area contributed by atoms with Gasteiger partial charge in [0.1, 0.15) is 17.8 Å². The number of nitrogens with one attached hydrogen (secondary N) is 3. The molecule has 0 heterocycles. The van der Waals surface area contributed by atoms with Gasteiger partial charge in [0.2, 0.25) is 17.7 Å². The molecule has 0 bridgehead atoms. The van der Waals surface area contributed by atoms with Crippen LogP contribution in [0.3, 0.4) is 0 Å². The van der Waals surface area contributed by atoms with Gasteiger partial charge in [0.05, 0.1) is 11.3 Å². The van der Waals surface area contributed by atoms with Crippen LogP contribution in [0.2, 0.25) is 0 Å². The molecule has 0 aliphatic heterocycles. The molecule has 1 aromatic carbocycles. The number of unbranched alkanes of at least 4 members (excludes halogenated alkanes) is 1. The van der Waals surface area contributed by atoms with Crippen LogP contribution >= 0.6 is 0 Å². The van der Waals surface area contributed by atoms with Crippen molar-refractivity contribution in [2.24, 2.45) is 17.1 Å². The number of aromatic hydroxyl groups is 1. The minimum absolute atomic E-state index is 0.00938. The van der Waals surface area contributed by atoms with Gasteiger partial charge >= 0.3 is 11.9 Å². The predicted octanol–water partition coefficient (Wildman–Crippen LogP) is 0.905. The highest BCUT2D eigenvalue weighted by Gasteiger charge is 2.45. The Balaban J connectivity index is 2.11. The molecule has 1 aliphatic rings. The fraction of sp³-hybridized carbons (Fsp3) is 0.593. The molecule has 216 valence electrons. The number of benzene rings is 1. The number of carboxylic acid groups (broad SMARTS) is 2. The first-order chi connectivity index (χ1) is 18.5. The first kappa shape index (κ1) is 31.5. The zero-order valence-electron chi connectivity index (χ0n) is 22.3. The minimum Gasteiger partial charge on any atom is -0.508 e. The molecule has 2 unspecified atom stereocenters. The Kier molecular flexibility index (Phi) is 12.2. The van der Waals surface area contributed by atoms with Crippen LogP contribution in [-0.2, 0) is 30.4 Å². The number of phenols is 1. The lowest BCUT2D eigenvalue weighted by Crippen LogP contribution is -2.51. The van der Waals surface area contributed by atoms with E-state index in [0.717, 1.165) is 0 Å². The van der Waals surface area contributed by atoms with Gasteiger partial charge in [0.25, 0.3) is 0 Å². The summed E-state index contributed by atoms with van der Waals surface area (Å²) in [4.78, 5) is 61.8. The van der Waals surface area contributed by atoms with Gasteiger partial charge in [-0.1, -0.05) is 25.0 Å². The Morgan fingerprint density at radius 1 is 0.949 bits per heavy atom. The molecule has 0 spiro atoms. The summed E-state index contributed by atoms with van der Waals surface area (Å²) in [5.74, 6) is -4.91. The van der Waals surface area contributed by atoms with Gasteiger partial charge in [-0.2, -0.15) is 0 Å². The first-order valence-corrected chi connectivity index (χ1v) is 13.3. The van der Waals surface area contributed by atoms with Gasteiger partial charge in [-0.05, 0) is 62.8 Å². The molecule has 39 heavy (non-hydrogen) atoms. The fourth-order valence-electron chi connectivity index (χ4n) is 5.03. The maximum absolute atomic E-state index is 13.4. The standard InChI is InChI=1S/C27H40N4O8/c1-17(32)30-21(6-2-5-13-28)23(34)29-16-19(24(35)36)15-27(11-3-4-12-27)26(39)31-22(25(37)38)14-18-7-9-20(33)10-8-18/h7-10,19,21-22,33H,2-6,11-16,28H2,1H3,(H,29,34)(H,30,32)(H,31,39)(H,35,36)(H,37,38)/t19?,21-,22?/m0/s1. The van der Waals surface area contributed by atoms with Gasteiger partial charge in [0, 0.05) is 19.9 Å². The second-order valence-corrected chi connectivity index (χ2v) is 10.2. The van der Waals surface area contributed by atoms with E-state index in [-0.39, 0.29) is 31.0 Å². The van der Waals surface area contributed by atoms with E-state index in [1.165, 1.54) is 19.1 Å². The van der Waals surface area contributed by atoms with Gasteiger partial charge in [-0.3, -0.25) is 19.2 Å². The third-order valence-corrected chi connectivity index (χ3v) is 7.17. The largest absolute Gasteiger partial charge is 0.508 e. The van der Waals surface area contributed by atoms with Crippen molar-refractivity contribution in [3.05, 3.63) is 29.8 Å². The summed E-state index contributed by atoms with van der Waals surface area (Å²) in [6.45, 7) is 1.49. The molecule has 3 amide bonds. The highest BCUT2D eigenvalue weighted by Crippen LogP contribution is 2.43. The van der Waals surface area contributed by atoms with Crippen LogP contribution in [-0.4, -0.2) is 70.2 Å². The zero-order valence-corrected chi connectivity index (χ0v) is 22.3. The van der Waals surface area contributed by atoms with Crippen molar-refractivity contribution in [3.8, 4) is 5.75 Å². The summed E-state index contributed by atoms with van der Waals surface area (Å²) in [5.41, 5.74) is 5.02. The molecule has 1 saturated carbocycles. The van der Waals surface area contributed by atoms with Gasteiger partial charge in [-0.25, -0.2) is 4.79 Å². The number of carbonyl (C=O) groups is 5. The summed E-state index contributed by atoms with van der Waals surface area (Å²) in [7, 11) is 0. The number of hydrogen-bond donors (Lipinski definition) is 7. The normalized spacial score (nSPS) is 16.5. The SMILES string of the molecule is CC(=O)N[C@@H](CCCCN)C(=O)NCC(CC1(C(=O)NC(Cc2ccc(O)cc2)C(=O)O)CCCC1)C(=O)O. The van der Waals surface area contributed by atoms with E-state index in [0.29, 0.717) is 57.1 Å². The van der Waals surface area contributed by atoms with Crippen LogP contribution in [0.5, 0.6) is 5.75 Å². The molecule has 1 fully saturated rings. The number of hydrogen-bond acceptors (Lipinski definition) is 7. The van der Waals surface area contributed by atoms with Crippen LogP contribution in [0.15, 0.2) is 24.3 Å².